The molecule has 2 N–H and O–H groups in total. The summed E-state index contributed by atoms with van der Waals surface area (Å²) in [5.41, 5.74) is 0. The number of nitrogens with zero attached hydrogens (tertiary/aromatic N) is 3. The summed E-state index contributed by atoms with van der Waals surface area (Å²) in [6, 6.07) is 3.11. The van der Waals surface area contributed by atoms with Crippen molar-refractivity contribution in [2.24, 2.45) is 0 Å². The Morgan fingerprint density at radius 3 is 2.42 bits per heavy atom. The van der Waals surface area contributed by atoms with Gasteiger partial charge in [-0.1, -0.05) is 23.7 Å². The number of carbonyl (C=O) groups is 1. The van der Waals surface area contributed by atoms with Gasteiger partial charge in [0, 0.05) is 0 Å². The lowest BCUT2D eigenvalue weighted by Gasteiger charge is -2.11. The quantitative estimate of drug-likeness (QED) is 0.789. The summed E-state index contributed by atoms with van der Waals surface area (Å²) in [6.45, 7) is 0. The lowest BCUT2D eigenvalue weighted by atomic mass is 10.4. The molecular weight excluding hydrogens is 403 g/mol. The predicted octanol–water partition coefficient (Wildman–Crippen LogP) is 2.06. The van der Waals surface area contributed by atoms with Crippen LogP contribution in [-0.4, -0.2) is 36.5 Å². The van der Waals surface area contributed by atoms with Gasteiger partial charge < -0.3 is 4.74 Å². The minimum absolute atomic E-state index is 0.158. The molecule has 0 fully saturated rings. The molecule has 0 saturated heterocycles. The molecule has 1 aromatic carbocycles. The highest BCUT2D eigenvalue weighted by Crippen LogP contribution is 2.27. The van der Waals surface area contributed by atoms with E-state index in [1.54, 1.807) is 10.0 Å². The molecule has 0 saturated carbocycles. The highest BCUT2D eigenvalue weighted by atomic mass is 35.5. The van der Waals surface area contributed by atoms with Crippen molar-refractivity contribution in [3.05, 3.63) is 35.1 Å². The Hall–Kier alpha value is -2.67. The zero-order valence-corrected chi connectivity index (χ0v) is 14.3. The first kappa shape index (κ1) is 19.7. The molecule has 0 aliphatic carbocycles. The number of sulfonamides is 1. The number of urea groups is 1. The van der Waals surface area contributed by atoms with Crippen molar-refractivity contribution in [2.45, 2.75) is 11.1 Å². The van der Waals surface area contributed by atoms with E-state index in [2.05, 4.69) is 19.7 Å². The van der Waals surface area contributed by atoms with Gasteiger partial charge in [-0.2, -0.15) is 28.1 Å². The molecule has 0 radical (unpaired) electrons. The Balaban J connectivity index is 2.24. The van der Waals surface area contributed by atoms with E-state index < -0.39 is 44.9 Å². The highest BCUT2D eigenvalue weighted by Gasteiger charge is 2.36. The van der Waals surface area contributed by atoms with Crippen molar-refractivity contribution in [2.75, 3.05) is 12.4 Å². The lowest BCUT2D eigenvalue weighted by molar-refractivity contribution is -0.145. The number of rotatable bonds is 4. The Bertz CT molecular complexity index is 939. The van der Waals surface area contributed by atoms with Crippen LogP contribution in [0.2, 0.25) is 5.02 Å². The second-order valence-corrected chi connectivity index (χ2v) is 6.52. The summed E-state index contributed by atoms with van der Waals surface area (Å²) in [5, 5.41) is 1.60. The predicted molar refractivity (Wildman–Crippen MR) is 82.2 cm³/mol. The number of carbonyl (C=O) groups excluding carboxylic acids is 1. The van der Waals surface area contributed by atoms with E-state index in [0.717, 1.165) is 13.2 Å². The number of anilines is 1. The third-order valence-corrected chi connectivity index (χ3v) is 4.46. The third kappa shape index (κ3) is 4.70. The number of aromatic nitrogens is 3. The second kappa shape index (κ2) is 7.29. The van der Waals surface area contributed by atoms with E-state index in [4.69, 9.17) is 11.6 Å². The molecule has 14 heteroatoms. The van der Waals surface area contributed by atoms with Gasteiger partial charge in [-0.15, -0.1) is 0 Å². The zero-order valence-electron chi connectivity index (χ0n) is 12.7. The molecule has 0 unspecified atom stereocenters. The molecule has 0 aliphatic heterocycles. The summed E-state index contributed by atoms with van der Waals surface area (Å²) < 4.78 is 68.4. The normalized spacial score (nSPS) is 11.7. The molecule has 1 heterocycles. The van der Waals surface area contributed by atoms with Crippen LogP contribution in [0.3, 0.4) is 0 Å². The Morgan fingerprint density at radius 1 is 1.19 bits per heavy atom. The van der Waals surface area contributed by atoms with E-state index in [-0.39, 0.29) is 5.02 Å². The monoisotopic (exact) mass is 411 g/mol. The van der Waals surface area contributed by atoms with Crippen LogP contribution < -0.4 is 14.8 Å². The molecule has 2 rings (SSSR count). The Kier molecular flexibility index (Phi) is 5.51. The Labute approximate surface area is 149 Å². The standard InChI is InChI=1S/C12H9ClF3N5O4S/c1-25-11-18-8(12(14,15)16)17-9(20-11)19-10(22)21-26(23,24)7-5-3-2-4-6(7)13/h2-5H,1H3,(H2,17,18,19,20,21,22). The van der Waals surface area contributed by atoms with E-state index in [0.29, 0.717) is 0 Å². The maximum absolute atomic E-state index is 12.7. The summed E-state index contributed by atoms with van der Waals surface area (Å²) in [6.07, 6.45) is -4.94. The zero-order chi connectivity index (χ0) is 19.5. The number of hydrogen-bond acceptors (Lipinski definition) is 7. The van der Waals surface area contributed by atoms with Crippen LogP contribution in [0, 0.1) is 0 Å². The fraction of sp³-hybridized carbons (Fsp3) is 0.167. The molecule has 26 heavy (non-hydrogen) atoms. The SMILES string of the molecule is COc1nc(NC(=O)NS(=O)(=O)c2ccccc2Cl)nc(C(F)(F)F)n1. The maximum atomic E-state index is 12.7. The lowest BCUT2D eigenvalue weighted by Crippen LogP contribution is -2.35. The summed E-state index contributed by atoms with van der Waals surface area (Å²) >= 11 is 5.74. The fourth-order valence-corrected chi connectivity index (χ4v) is 3.03. The van der Waals surface area contributed by atoms with Crippen molar-refractivity contribution < 1.29 is 31.1 Å². The molecule has 140 valence electrons. The van der Waals surface area contributed by atoms with E-state index in [9.17, 15) is 26.4 Å². The first-order valence-corrected chi connectivity index (χ1v) is 8.34. The van der Waals surface area contributed by atoms with Gasteiger partial charge in [-0.25, -0.2) is 17.9 Å². The number of halogens is 4. The second-order valence-electron chi connectivity index (χ2n) is 4.46. The number of hydrogen-bond donors (Lipinski definition) is 2. The van der Waals surface area contributed by atoms with Crippen molar-refractivity contribution in [1.29, 1.82) is 0 Å². The van der Waals surface area contributed by atoms with Gasteiger partial charge >= 0.3 is 18.2 Å². The molecule has 0 atom stereocenters. The fourth-order valence-electron chi connectivity index (χ4n) is 1.60. The van der Waals surface area contributed by atoms with E-state index in [1.165, 1.54) is 18.2 Å². The van der Waals surface area contributed by atoms with E-state index >= 15 is 0 Å². The third-order valence-electron chi connectivity index (χ3n) is 2.63. The topological polar surface area (TPSA) is 123 Å². The van der Waals surface area contributed by atoms with Crippen LogP contribution in [0.25, 0.3) is 0 Å². The molecule has 9 nitrogen and oxygen atoms in total. The highest BCUT2D eigenvalue weighted by molar-refractivity contribution is 7.90. The number of benzene rings is 1. The van der Waals surface area contributed by atoms with Crippen molar-refractivity contribution in [3.63, 3.8) is 0 Å². The molecule has 0 spiro atoms. The number of methoxy groups -OCH3 is 1. The van der Waals surface area contributed by atoms with Crippen LogP contribution in [0.5, 0.6) is 6.01 Å². The van der Waals surface area contributed by atoms with Gasteiger partial charge in [-0.05, 0) is 12.1 Å². The maximum Gasteiger partial charge on any atom is 0.451 e. The summed E-state index contributed by atoms with van der Waals surface area (Å²) in [4.78, 5) is 20.8. The van der Waals surface area contributed by atoms with Crippen LogP contribution in [0.15, 0.2) is 29.2 Å². The molecule has 2 aromatic rings. The average Bonchev–Trinajstić information content (AvgIpc) is 2.53. The number of amides is 2. The first-order chi connectivity index (χ1) is 12.0. The van der Waals surface area contributed by atoms with Gasteiger partial charge in [0.05, 0.1) is 12.1 Å². The van der Waals surface area contributed by atoms with E-state index in [1.807, 2.05) is 0 Å². The van der Waals surface area contributed by atoms with Crippen molar-refractivity contribution >= 4 is 33.6 Å². The van der Waals surface area contributed by atoms with Gasteiger partial charge in [0.25, 0.3) is 10.0 Å². The van der Waals surface area contributed by atoms with Gasteiger partial charge in [-0.3, -0.25) is 5.32 Å². The number of nitrogens with one attached hydrogen (secondary N) is 2. The number of ether oxygens (including phenoxy) is 1. The number of alkyl halides is 3. The average molecular weight is 412 g/mol. The Morgan fingerprint density at radius 2 is 1.85 bits per heavy atom. The molecule has 2 amide bonds. The molecule has 0 aliphatic rings. The van der Waals surface area contributed by atoms with Crippen molar-refractivity contribution in [3.8, 4) is 6.01 Å². The first-order valence-electron chi connectivity index (χ1n) is 6.48. The minimum atomic E-state index is -4.94. The van der Waals surface area contributed by atoms with Gasteiger partial charge in [0.1, 0.15) is 4.90 Å². The van der Waals surface area contributed by atoms with Crippen LogP contribution in [-0.2, 0) is 16.2 Å². The minimum Gasteiger partial charge on any atom is -0.467 e. The molecule has 0 bridgehead atoms. The molecule has 1 aromatic heterocycles. The van der Waals surface area contributed by atoms with Gasteiger partial charge in [0.15, 0.2) is 0 Å². The van der Waals surface area contributed by atoms with Crippen molar-refractivity contribution in [1.82, 2.24) is 19.7 Å². The van der Waals surface area contributed by atoms with Crippen LogP contribution in [0.1, 0.15) is 5.82 Å². The van der Waals surface area contributed by atoms with Crippen LogP contribution >= 0.6 is 11.6 Å². The largest absolute Gasteiger partial charge is 0.467 e. The summed E-state index contributed by atoms with van der Waals surface area (Å²) in [7, 11) is -3.38. The van der Waals surface area contributed by atoms with Crippen LogP contribution in [0.4, 0.5) is 23.9 Å². The smallest absolute Gasteiger partial charge is 0.451 e. The summed E-state index contributed by atoms with van der Waals surface area (Å²) in [5.74, 6) is -2.50. The van der Waals surface area contributed by atoms with Gasteiger partial charge in [0.2, 0.25) is 11.8 Å². The molecular formula is C12H9ClF3N5O4S.